The van der Waals surface area contributed by atoms with Gasteiger partial charge in [0.1, 0.15) is 0 Å². The van der Waals surface area contributed by atoms with Crippen molar-refractivity contribution in [3.05, 3.63) is 29.3 Å². The minimum atomic E-state index is -0.784. The van der Waals surface area contributed by atoms with Crippen LogP contribution in [0.4, 0.5) is 5.69 Å². The molecule has 0 bridgehead atoms. The largest absolute Gasteiger partial charge is 0.392 e. The van der Waals surface area contributed by atoms with Gasteiger partial charge in [0, 0.05) is 36.9 Å². The molecular formula is C15H20ClN3OS. The maximum Gasteiger partial charge on any atom is 0.235 e. The molecule has 0 radical (unpaired) electrons. The highest BCUT2D eigenvalue weighted by Crippen LogP contribution is 2.24. The van der Waals surface area contributed by atoms with Gasteiger partial charge in [0.05, 0.1) is 10.4 Å². The standard InChI is InChI=1S/C15H20ClN3OS/c1-15(2,13(17)21)14(20)19-8-6-18(7-9-19)12-5-3-4-11(16)10-12/h3-5,10H,6-9H2,1-2H3,(H2,17,21). The van der Waals surface area contributed by atoms with Gasteiger partial charge in [-0.2, -0.15) is 0 Å². The number of nitrogens with zero attached hydrogens (tertiary/aromatic N) is 2. The van der Waals surface area contributed by atoms with Gasteiger partial charge in [0.2, 0.25) is 5.91 Å². The van der Waals surface area contributed by atoms with Crippen molar-refractivity contribution >= 4 is 40.4 Å². The van der Waals surface area contributed by atoms with E-state index in [9.17, 15) is 4.79 Å². The van der Waals surface area contributed by atoms with E-state index in [1.54, 1.807) is 13.8 Å². The van der Waals surface area contributed by atoms with Crippen LogP contribution in [-0.4, -0.2) is 42.0 Å². The van der Waals surface area contributed by atoms with E-state index in [4.69, 9.17) is 29.6 Å². The Morgan fingerprint density at radius 2 is 1.90 bits per heavy atom. The topological polar surface area (TPSA) is 49.6 Å². The summed E-state index contributed by atoms with van der Waals surface area (Å²) in [5.74, 6) is 0.000689. The van der Waals surface area contributed by atoms with E-state index < -0.39 is 5.41 Å². The number of hydrogen-bond acceptors (Lipinski definition) is 3. The number of halogens is 1. The lowest BCUT2D eigenvalue weighted by atomic mass is 9.91. The molecule has 1 heterocycles. The SMILES string of the molecule is CC(C)(C(=O)N1CCN(c2cccc(Cl)c2)CC1)C(N)=S. The van der Waals surface area contributed by atoms with Gasteiger partial charge in [-0.1, -0.05) is 29.9 Å². The fourth-order valence-corrected chi connectivity index (χ4v) is 2.61. The Bertz CT molecular complexity index is 554. The first-order valence-corrected chi connectivity index (χ1v) is 7.71. The van der Waals surface area contributed by atoms with Crippen LogP contribution >= 0.6 is 23.8 Å². The molecule has 6 heteroatoms. The Balaban J connectivity index is 2.01. The van der Waals surface area contributed by atoms with Crippen LogP contribution in [0.1, 0.15) is 13.8 Å². The predicted molar refractivity (Wildman–Crippen MR) is 90.8 cm³/mol. The molecule has 0 saturated carbocycles. The van der Waals surface area contributed by atoms with E-state index in [1.165, 1.54) is 0 Å². The first-order chi connectivity index (χ1) is 9.82. The van der Waals surface area contributed by atoms with Gasteiger partial charge in [0.15, 0.2) is 0 Å². The molecule has 1 aliphatic rings. The summed E-state index contributed by atoms with van der Waals surface area (Å²) in [4.78, 5) is 16.8. The van der Waals surface area contributed by atoms with Crippen LogP contribution in [0.3, 0.4) is 0 Å². The summed E-state index contributed by atoms with van der Waals surface area (Å²) in [7, 11) is 0. The molecular weight excluding hydrogens is 306 g/mol. The molecule has 4 nitrogen and oxygen atoms in total. The van der Waals surface area contributed by atoms with Crippen molar-refractivity contribution in [1.29, 1.82) is 0 Å². The highest BCUT2D eigenvalue weighted by atomic mass is 35.5. The first-order valence-electron chi connectivity index (χ1n) is 6.92. The van der Waals surface area contributed by atoms with Crippen molar-refractivity contribution in [3.63, 3.8) is 0 Å². The average Bonchev–Trinajstić information content (AvgIpc) is 2.46. The number of amides is 1. The summed E-state index contributed by atoms with van der Waals surface area (Å²) < 4.78 is 0. The molecule has 1 amide bonds. The number of rotatable bonds is 3. The van der Waals surface area contributed by atoms with Gasteiger partial charge in [-0.05, 0) is 32.0 Å². The van der Waals surface area contributed by atoms with Crippen molar-refractivity contribution in [2.24, 2.45) is 11.1 Å². The number of benzene rings is 1. The third-order valence-electron chi connectivity index (χ3n) is 3.89. The fraction of sp³-hybridized carbons (Fsp3) is 0.467. The van der Waals surface area contributed by atoms with Crippen LogP contribution in [0.5, 0.6) is 0 Å². The average molecular weight is 326 g/mol. The zero-order valence-corrected chi connectivity index (χ0v) is 13.9. The molecule has 1 fully saturated rings. The lowest BCUT2D eigenvalue weighted by Gasteiger charge is -2.39. The summed E-state index contributed by atoms with van der Waals surface area (Å²) in [5, 5.41) is 0.723. The van der Waals surface area contributed by atoms with Crippen molar-refractivity contribution in [1.82, 2.24) is 4.90 Å². The van der Waals surface area contributed by atoms with Gasteiger partial charge in [-0.15, -0.1) is 0 Å². The summed E-state index contributed by atoms with van der Waals surface area (Å²) >= 11 is 11.0. The Morgan fingerprint density at radius 3 is 2.43 bits per heavy atom. The highest BCUT2D eigenvalue weighted by molar-refractivity contribution is 7.80. The van der Waals surface area contributed by atoms with Crippen LogP contribution in [0, 0.1) is 5.41 Å². The van der Waals surface area contributed by atoms with E-state index in [0.29, 0.717) is 13.1 Å². The molecule has 1 aliphatic heterocycles. The molecule has 0 atom stereocenters. The van der Waals surface area contributed by atoms with Gasteiger partial charge in [0.25, 0.3) is 0 Å². The molecule has 1 aromatic carbocycles. The number of carbonyl (C=O) groups is 1. The monoisotopic (exact) mass is 325 g/mol. The van der Waals surface area contributed by atoms with Crippen LogP contribution in [0.25, 0.3) is 0 Å². The summed E-state index contributed by atoms with van der Waals surface area (Å²) in [6, 6.07) is 7.76. The van der Waals surface area contributed by atoms with Gasteiger partial charge in [-0.3, -0.25) is 4.79 Å². The number of anilines is 1. The second kappa shape index (κ2) is 6.20. The van der Waals surface area contributed by atoms with Crippen molar-refractivity contribution in [3.8, 4) is 0 Å². The smallest absolute Gasteiger partial charge is 0.235 e. The summed E-state index contributed by atoms with van der Waals surface area (Å²) in [5.41, 5.74) is 5.97. The zero-order chi connectivity index (χ0) is 15.6. The molecule has 0 aliphatic carbocycles. The van der Waals surface area contributed by atoms with Gasteiger partial charge in [-0.25, -0.2) is 0 Å². The van der Waals surface area contributed by atoms with Crippen molar-refractivity contribution < 1.29 is 4.79 Å². The Hall–Kier alpha value is -1.33. The summed E-state index contributed by atoms with van der Waals surface area (Å²) in [6.07, 6.45) is 0. The van der Waals surface area contributed by atoms with Crippen molar-refractivity contribution in [2.75, 3.05) is 31.1 Å². The van der Waals surface area contributed by atoms with Crippen LogP contribution in [0.2, 0.25) is 5.02 Å². The fourth-order valence-electron chi connectivity index (χ4n) is 2.34. The van der Waals surface area contributed by atoms with Crippen molar-refractivity contribution in [2.45, 2.75) is 13.8 Å². The predicted octanol–water partition coefficient (Wildman–Crippen LogP) is 2.30. The van der Waals surface area contributed by atoms with E-state index in [-0.39, 0.29) is 10.9 Å². The number of thiocarbonyl (C=S) groups is 1. The minimum absolute atomic E-state index is 0.000689. The lowest BCUT2D eigenvalue weighted by molar-refractivity contribution is -0.137. The first kappa shape index (κ1) is 16.0. The maximum absolute atomic E-state index is 12.5. The molecule has 1 aromatic rings. The third-order valence-corrected chi connectivity index (χ3v) is 4.64. The second-order valence-electron chi connectivity index (χ2n) is 5.75. The Kier molecular flexibility index (Phi) is 4.74. The Labute approximate surface area is 135 Å². The van der Waals surface area contributed by atoms with E-state index in [1.807, 2.05) is 29.2 Å². The highest BCUT2D eigenvalue weighted by Gasteiger charge is 2.36. The number of carbonyl (C=O) groups excluding carboxylic acids is 1. The molecule has 2 rings (SSSR count). The molecule has 2 N–H and O–H groups in total. The Morgan fingerprint density at radius 1 is 1.29 bits per heavy atom. The van der Waals surface area contributed by atoms with Gasteiger partial charge < -0.3 is 15.5 Å². The molecule has 0 aromatic heterocycles. The number of piperazine rings is 1. The summed E-state index contributed by atoms with van der Waals surface area (Å²) in [6.45, 7) is 6.44. The second-order valence-corrected chi connectivity index (χ2v) is 6.62. The molecule has 0 spiro atoms. The van der Waals surface area contributed by atoms with Crippen LogP contribution in [-0.2, 0) is 4.79 Å². The third kappa shape index (κ3) is 3.47. The maximum atomic E-state index is 12.5. The van der Waals surface area contributed by atoms with Crippen LogP contribution < -0.4 is 10.6 Å². The quantitative estimate of drug-likeness (QED) is 0.866. The number of hydrogen-bond donors (Lipinski definition) is 1. The van der Waals surface area contributed by atoms with E-state index in [0.717, 1.165) is 23.8 Å². The van der Waals surface area contributed by atoms with E-state index >= 15 is 0 Å². The zero-order valence-electron chi connectivity index (χ0n) is 12.3. The van der Waals surface area contributed by atoms with Gasteiger partial charge >= 0.3 is 0 Å². The molecule has 21 heavy (non-hydrogen) atoms. The number of nitrogens with two attached hydrogens (primary N) is 1. The molecule has 0 unspecified atom stereocenters. The lowest BCUT2D eigenvalue weighted by Crippen LogP contribution is -2.54. The molecule has 114 valence electrons. The normalized spacial score (nSPS) is 16.0. The minimum Gasteiger partial charge on any atom is -0.392 e. The van der Waals surface area contributed by atoms with E-state index in [2.05, 4.69) is 4.90 Å². The molecule has 1 saturated heterocycles. The van der Waals surface area contributed by atoms with Crippen LogP contribution in [0.15, 0.2) is 24.3 Å².